The van der Waals surface area contributed by atoms with Crippen LogP contribution in [0.15, 0.2) is 18.2 Å². The zero-order chi connectivity index (χ0) is 12.1. The average Bonchev–Trinajstić information content (AvgIpc) is 2.35. The third-order valence-corrected chi connectivity index (χ3v) is 3.64. The molecule has 0 fully saturated rings. The fourth-order valence-electron chi connectivity index (χ4n) is 2.66. The van der Waals surface area contributed by atoms with Gasteiger partial charge in [-0.1, -0.05) is 38.7 Å². The molecule has 2 N–H and O–H groups in total. The minimum Gasteiger partial charge on any atom is -0.508 e. The molecular weight excluding hydrogens is 210 g/mol. The van der Waals surface area contributed by atoms with Gasteiger partial charge >= 0.3 is 0 Å². The van der Waals surface area contributed by atoms with Crippen LogP contribution in [0.1, 0.15) is 56.2 Å². The Labute approximate surface area is 104 Å². The smallest absolute Gasteiger partial charge is 0.115 e. The van der Waals surface area contributed by atoms with Crippen molar-refractivity contribution in [3.05, 3.63) is 29.3 Å². The van der Waals surface area contributed by atoms with Crippen LogP contribution in [0.5, 0.6) is 5.75 Å². The lowest BCUT2D eigenvalue weighted by molar-refractivity contribution is 0.441. The third kappa shape index (κ3) is 3.22. The number of benzene rings is 1. The number of fused-ring (bicyclic) bond motifs is 1. The first kappa shape index (κ1) is 12.4. The Kier molecular flexibility index (Phi) is 4.43. The molecule has 0 bridgehead atoms. The number of phenols is 1. The number of unbranched alkanes of at least 4 members (excludes halogenated alkanes) is 3. The fraction of sp³-hybridized carbons (Fsp3) is 0.600. The van der Waals surface area contributed by atoms with Gasteiger partial charge in [-0.3, -0.25) is 0 Å². The summed E-state index contributed by atoms with van der Waals surface area (Å²) < 4.78 is 0. The van der Waals surface area contributed by atoms with Crippen molar-refractivity contribution < 1.29 is 5.11 Å². The molecule has 1 aliphatic heterocycles. The quantitative estimate of drug-likeness (QED) is 0.762. The van der Waals surface area contributed by atoms with Crippen molar-refractivity contribution in [2.75, 3.05) is 6.54 Å². The molecule has 0 amide bonds. The molecule has 2 rings (SSSR count). The average molecular weight is 233 g/mol. The van der Waals surface area contributed by atoms with E-state index in [0.29, 0.717) is 11.8 Å². The lowest BCUT2D eigenvalue weighted by Gasteiger charge is -2.27. The van der Waals surface area contributed by atoms with Crippen molar-refractivity contribution in [1.82, 2.24) is 5.32 Å². The summed E-state index contributed by atoms with van der Waals surface area (Å²) in [7, 11) is 0. The highest BCUT2D eigenvalue weighted by Crippen LogP contribution is 2.29. The molecule has 1 aromatic carbocycles. The molecule has 0 aliphatic carbocycles. The molecule has 0 spiro atoms. The Morgan fingerprint density at radius 2 is 2.18 bits per heavy atom. The Morgan fingerprint density at radius 3 is 3.00 bits per heavy atom. The van der Waals surface area contributed by atoms with Crippen LogP contribution < -0.4 is 5.32 Å². The van der Waals surface area contributed by atoms with Crippen molar-refractivity contribution in [3.63, 3.8) is 0 Å². The Bertz CT molecular complexity index is 362. The standard InChI is InChI=1S/C15H23NO/c1-2-3-4-5-6-15-14-11-13(17)8-7-12(14)9-10-16-15/h7-8,11,15-17H,2-6,9-10H2,1H3. The van der Waals surface area contributed by atoms with Gasteiger partial charge in [0.25, 0.3) is 0 Å². The van der Waals surface area contributed by atoms with Crippen LogP contribution in [0, 0.1) is 0 Å². The highest BCUT2D eigenvalue weighted by Gasteiger charge is 2.19. The summed E-state index contributed by atoms with van der Waals surface area (Å²) in [5.41, 5.74) is 2.72. The van der Waals surface area contributed by atoms with Gasteiger partial charge in [0.2, 0.25) is 0 Å². The SMILES string of the molecule is CCCCCCC1NCCc2ccc(O)cc21. The second-order valence-electron chi connectivity index (χ2n) is 4.99. The normalized spacial score (nSPS) is 19.0. The predicted molar refractivity (Wildman–Crippen MR) is 71.3 cm³/mol. The molecule has 0 aromatic heterocycles. The Balaban J connectivity index is 1.98. The van der Waals surface area contributed by atoms with E-state index in [1.165, 1.54) is 43.2 Å². The first-order chi connectivity index (χ1) is 8.31. The molecule has 0 radical (unpaired) electrons. The molecule has 94 valence electrons. The van der Waals surface area contributed by atoms with Crippen LogP contribution >= 0.6 is 0 Å². The van der Waals surface area contributed by atoms with Gasteiger partial charge in [-0.05, 0) is 42.6 Å². The zero-order valence-corrected chi connectivity index (χ0v) is 10.7. The van der Waals surface area contributed by atoms with Crippen LogP contribution in [-0.2, 0) is 6.42 Å². The van der Waals surface area contributed by atoms with E-state index in [0.717, 1.165) is 13.0 Å². The fourth-order valence-corrected chi connectivity index (χ4v) is 2.66. The summed E-state index contributed by atoms with van der Waals surface area (Å²) in [6.07, 6.45) is 7.50. The minimum absolute atomic E-state index is 0.394. The molecule has 0 saturated carbocycles. The second kappa shape index (κ2) is 6.06. The molecule has 1 aromatic rings. The summed E-state index contributed by atoms with van der Waals surface area (Å²) in [5, 5.41) is 13.2. The Hall–Kier alpha value is -1.02. The molecule has 1 unspecified atom stereocenters. The third-order valence-electron chi connectivity index (χ3n) is 3.64. The largest absolute Gasteiger partial charge is 0.508 e. The Morgan fingerprint density at radius 1 is 1.29 bits per heavy atom. The van der Waals surface area contributed by atoms with Gasteiger partial charge in [0.05, 0.1) is 0 Å². The molecule has 1 heterocycles. The van der Waals surface area contributed by atoms with Gasteiger partial charge in [0, 0.05) is 6.04 Å². The maximum absolute atomic E-state index is 9.59. The zero-order valence-electron chi connectivity index (χ0n) is 10.7. The topological polar surface area (TPSA) is 32.3 Å². The summed E-state index contributed by atoms with van der Waals surface area (Å²) >= 11 is 0. The van der Waals surface area contributed by atoms with Crippen molar-refractivity contribution in [2.45, 2.75) is 51.5 Å². The van der Waals surface area contributed by atoms with E-state index in [2.05, 4.69) is 18.3 Å². The van der Waals surface area contributed by atoms with Gasteiger partial charge in [-0.15, -0.1) is 0 Å². The molecule has 2 nitrogen and oxygen atoms in total. The molecule has 1 aliphatic rings. The molecule has 1 atom stereocenters. The van der Waals surface area contributed by atoms with E-state index in [1.54, 1.807) is 6.07 Å². The van der Waals surface area contributed by atoms with E-state index in [-0.39, 0.29) is 0 Å². The van der Waals surface area contributed by atoms with Crippen molar-refractivity contribution in [1.29, 1.82) is 0 Å². The van der Waals surface area contributed by atoms with Gasteiger partial charge in [-0.25, -0.2) is 0 Å². The molecule has 17 heavy (non-hydrogen) atoms. The number of hydrogen-bond acceptors (Lipinski definition) is 2. The molecular formula is C15H23NO. The maximum Gasteiger partial charge on any atom is 0.115 e. The molecule has 0 saturated heterocycles. The van der Waals surface area contributed by atoms with Gasteiger partial charge in [-0.2, -0.15) is 0 Å². The monoisotopic (exact) mass is 233 g/mol. The maximum atomic E-state index is 9.59. The molecule has 2 heteroatoms. The van der Waals surface area contributed by atoms with Gasteiger partial charge < -0.3 is 10.4 Å². The predicted octanol–water partition coefficient (Wildman–Crippen LogP) is 3.55. The lowest BCUT2D eigenvalue weighted by atomic mass is 9.91. The van der Waals surface area contributed by atoms with Crippen LogP contribution in [0.4, 0.5) is 0 Å². The summed E-state index contributed by atoms with van der Waals surface area (Å²) in [6.45, 7) is 3.31. The van der Waals surface area contributed by atoms with Crippen LogP contribution in [-0.4, -0.2) is 11.7 Å². The van der Waals surface area contributed by atoms with E-state index < -0.39 is 0 Å². The van der Waals surface area contributed by atoms with Crippen LogP contribution in [0.25, 0.3) is 0 Å². The van der Waals surface area contributed by atoms with Crippen molar-refractivity contribution >= 4 is 0 Å². The van der Waals surface area contributed by atoms with E-state index >= 15 is 0 Å². The van der Waals surface area contributed by atoms with Crippen molar-refractivity contribution in [3.8, 4) is 5.75 Å². The van der Waals surface area contributed by atoms with E-state index in [9.17, 15) is 5.11 Å². The highest BCUT2D eigenvalue weighted by molar-refractivity contribution is 5.38. The summed E-state index contributed by atoms with van der Waals surface area (Å²) in [4.78, 5) is 0. The second-order valence-corrected chi connectivity index (χ2v) is 4.99. The van der Waals surface area contributed by atoms with Gasteiger partial charge in [0.15, 0.2) is 0 Å². The van der Waals surface area contributed by atoms with Crippen LogP contribution in [0.2, 0.25) is 0 Å². The number of aromatic hydroxyl groups is 1. The van der Waals surface area contributed by atoms with Crippen molar-refractivity contribution in [2.24, 2.45) is 0 Å². The van der Waals surface area contributed by atoms with Gasteiger partial charge in [0.1, 0.15) is 5.75 Å². The first-order valence-corrected chi connectivity index (χ1v) is 6.86. The van der Waals surface area contributed by atoms with Crippen LogP contribution in [0.3, 0.4) is 0 Å². The summed E-state index contributed by atoms with van der Waals surface area (Å²) in [5.74, 6) is 0.394. The number of rotatable bonds is 5. The van der Waals surface area contributed by atoms with E-state index in [4.69, 9.17) is 0 Å². The minimum atomic E-state index is 0.394. The first-order valence-electron chi connectivity index (χ1n) is 6.86. The number of hydrogen-bond donors (Lipinski definition) is 2. The van der Waals surface area contributed by atoms with E-state index in [1.807, 2.05) is 6.07 Å². The number of nitrogens with one attached hydrogen (secondary N) is 1. The lowest BCUT2D eigenvalue weighted by Crippen LogP contribution is -2.29. The highest BCUT2D eigenvalue weighted by atomic mass is 16.3. The number of phenolic OH excluding ortho intramolecular Hbond substituents is 1. The summed E-state index contributed by atoms with van der Waals surface area (Å²) in [6, 6.07) is 6.26.